The van der Waals surface area contributed by atoms with Crippen molar-refractivity contribution in [3.05, 3.63) is 17.9 Å². The lowest BCUT2D eigenvalue weighted by Crippen LogP contribution is -2.21. The highest BCUT2D eigenvalue weighted by Gasteiger charge is 2.17. The Hall–Kier alpha value is -1.20. The number of fused-ring (bicyclic) bond motifs is 1. The summed E-state index contributed by atoms with van der Waals surface area (Å²) in [4.78, 5) is 0. The maximum Gasteiger partial charge on any atom is 0.231 e. The molecule has 1 aliphatic rings. The van der Waals surface area contributed by atoms with Crippen molar-refractivity contribution in [3.63, 3.8) is 0 Å². The number of ether oxygens (including phenoxy) is 2. The number of alkyl halides is 1. The Bertz CT molecular complexity index is 389. The number of hydrogen-bond donors (Lipinski definition) is 2. The number of nitrogens with one attached hydrogen (secondary N) is 1. The molecule has 1 unspecified atom stereocenters. The molecule has 88 valence electrons. The molecule has 4 nitrogen and oxygen atoms in total. The molecule has 0 radical (unpaired) electrons. The molecule has 6 heteroatoms. The van der Waals surface area contributed by atoms with E-state index < -0.39 is 11.9 Å². The fourth-order valence-corrected chi connectivity index (χ4v) is 1.44. The van der Waals surface area contributed by atoms with Gasteiger partial charge in [-0.05, 0) is 0 Å². The Balaban J connectivity index is 2.09. The predicted molar refractivity (Wildman–Crippen MR) is 57.7 cm³/mol. The second-order valence-electron chi connectivity index (χ2n) is 3.37. The lowest BCUT2D eigenvalue weighted by Gasteiger charge is -2.11. The normalized spacial score (nSPS) is 14.9. The van der Waals surface area contributed by atoms with E-state index in [4.69, 9.17) is 21.1 Å². The molecule has 1 aliphatic heterocycles. The molecule has 0 aromatic heterocycles. The van der Waals surface area contributed by atoms with Crippen LogP contribution in [0.1, 0.15) is 0 Å². The van der Waals surface area contributed by atoms with Gasteiger partial charge < -0.3 is 19.9 Å². The third-order valence-electron chi connectivity index (χ3n) is 2.17. The second kappa shape index (κ2) is 4.76. The zero-order valence-corrected chi connectivity index (χ0v) is 9.13. The van der Waals surface area contributed by atoms with Gasteiger partial charge >= 0.3 is 0 Å². The standard InChI is InChI=1S/C10H11ClFNO3/c11-3-6(14)4-13-8-2-10-9(1-7(8)12)15-5-16-10/h1-2,6,13-14H,3-5H2. The smallest absolute Gasteiger partial charge is 0.231 e. The minimum atomic E-state index is -0.716. The SMILES string of the molecule is OC(CCl)CNc1cc2c(cc1F)OCO2. The molecule has 1 heterocycles. The molecule has 0 spiro atoms. The summed E-state index contributed by atoms with van der Waals surface area (Å²) in [5, 5.41) is 12.0. The van der Waals surface area contributed by atoms with Crippen LogP contribution in [-0.2, 0) is 0 Å². The lowest BCUT2D eigenvalue weighted by molar-refractivity contribution is 0.174. The monoisotopic (exact) mass is 247 g/mol. The van der Waals surface area contributed by atoms with Crippen molar-refractivity contribution in [1.82, 2.24) is 0 Å². The highest BCUT2D eigenvalue weighted by molar-refractivity contribution is 6.18. The van der Waals surface area contributed by atoms with E-state index in [9.17, 15) is 9.50 Å². The number of rotatable bonds is 4. The van der Waals surface area contributed by atoms with Crippen LogP contribution in [0.3, 0.4) is 0 Å². The molecule has 1 aromatic carbocycles. The highest BCUT2D eigenvalue weighted by Crippen LogP contribution is 2.36. The molecule has 2 N–H and O–H groups in total. The minimum absolute atomic E-state index is 0.0964. The Morgan fingerprint density at radius 1 is 1.44 bits per heavy atom. The molecule has 0 saturated carbocycles. The Kier molecular flexibility index (Phi) is 3.36. The average Bonchev–Trinajstić information content (AvgIpc) is 2.72. The van der Waals surface area contributed by atoms with Crippen LogP contribution in [-0.4, -0.2) is 30.4 Å². The molecule has 1 aromatic rings. The number of benzene rings is 1. The van der Waals surface area contributed by atoms with Gasteiger partial charge in [0.1, 0.15) is 5.82 Å². The molecule has 0 saturated heterocycles. The van der Waals surface area contributed by atoms with Crippen molar-refractivity contribution < 1.29 is 19.0 Å². The fraction of sp³-hybridized carbons (Fsp3) is 0.400. The number of hydrogen-bond acceptors (Lipinski definition) is 4. The van der Waals surface area contributed by atoms with Crippen molar-refractivity contribution in [2.24, 2.45) is 0 Å². The molecule has 0 amide bonds. The van der Waals surface area contributed by atoms with Gasteiger partial charge in [0.05, 0.1) is 17.7 Å². The lowest BCUT2D eigenvalue weighted by atomic mass is 10.2. The number of aliphatic hydroxyl groups excluding tert-OH is 1. The summed E-state index contributed by atoms with van der Waals surface area (Å²) in [5.41, 5.74) is 0.258. The van der Waals surface area contributed by atoms with Gasteiger partial charge in [-0.25, -0.2) is 4.39 Å². The van der Waals surface area contributed by atoms with E-state index in [0.29, 0.717) is 11.5 Å². The van der Waals surface area contributed by atoms with Crippen LogP contribution in [0.2, 0.25) is 0 Å². The number of halogens is 2. The van der Waals surface area contributed by atoms with E-state index in [1.54, 1.807) is 0 Å². The van der Waals surface area contributed by atoms with E-state index >= 15 is 0 Å². The Labute approximate surface area is 96.9 Å². The van der Waals surface area contributed by atoms with Gasteiger partial charge in [-0.3, -0.25) is 0 Å². The van der Waals surface area contributed by atoms with E-state index in [0.717, 1.165) is 0 Å². The zero-order chi connectivity index (χ0) is 11.5. The van der Waals surface area contributed by atoms with E-state index in [2.05, 4.69) is 5.32 Å². The highest BCUT2D eigenvalue weighted by atomic mass is 35.5. The van der Waals surface area contributed by atoms with Gasteiger partial charge in [0, 0.05) is 18.7 Å². The van der Waals surface area contributed by atoms with E-state index in [-0.39, 0.29) is 24.9 Å². The van der Waals surface area contributed by atoms with Crippen LogP contribution in [0.5, 0.6) is 11.5 Å². The zero-order valence-electron chi connectivity index (χ0n) is 8.37. The van der Waals surface area contributed by atoms with Crippen LogP contribution in [0.25, 0.3) is 0 Å². The quantitative estimate of drug-likeness (QED) is 0.793. The summed E-state index contributed by atoms with van der Waals surface area (Å²) in [6.45, 7) is 0.280. The topological polar surface area (TPSA) is 50.7 Å². The first-order valence-electron chi connectivity index (χ1n) is 4.77. The van der Waals surface area contributed by atoms with Crippen LogP contribution in [0.15, 0.2) is 12.1 Å². The van der Waals surface area contributed by atoms with Crippen molar-refractivity contribution in [1.29, 1.82) is 0 Å². The Morgan fingerprint density at radius 2 is 2.12 bits per heavy atom. The van der Waals surface area contributed by atoms with Crippen molar-refractivity contribution in [2.75, 3.05) is 24.5 Å². The molecule has 0 fully saturated rings. The first-order valence-corrected chi connectivity index (χ1v) is 5.31. The van der Waals surface area contributed by atoms with Crippen LogP contribution >= 0.6 is 11.6 Å². The summed E-state index contributed by atoms with van der Waals surface area (Å²) in [7, 11) is 0. The van der Waals surface area contributed by atoms with Crippen LogP contribution in [0.4, 0.5) is 10.1 Å². The predicted octanol–water partition coefficient (Wildman–Crippen LogP) is 1.57. The average molecular weight is 248 g/mol. The third-order valence-corrected chi connectivity index (χ3v) is 2.52. The van der Waals surface area contributed by atoms with Gasteiger partial charge in [0.15, 0.2) is 11.5 Å². The molecule has 0 bridgehead atoms. The van der Waals surface area contributed by atoms with Gasteiger partial charge in [0.25, 0.3) is 0 Å². The summed E-state index contributed by atoms with van der Waals surface area (Å²) < 4.78 is 23.6. The summed E-state index contributed by atoms with van der Waals surface area (Å²) >= 11 is 5.42. The summed E-state index contributed by atoms with van der Waals surface area (Å²) in [6.07, 6.45) is -0.716. The van der Waals surface area contributed by atoms with Crippen molar-refractivity contribution in [3.8, 4) is 11.5 Å². The van der Waals surface area contributed by atoms with Gasteiger partial charge in [-0.15, -0.1) is 11.6 Å². The van der Waals surface area contributed by atoms with Crippen LogP contribution < -0.4 is 14.8 Å². The van der Waals surface area contributed by atoms with Gasteiger partial charge in [0.2, 0.25) is 6.79 Å². The molecular formula is C10H11ClFNO3. The number of anilines is 1. The third kappa shape index (κ3) is 2.31. The molecular weight excluding hydrogens is 237 g/mol. The van der Waals surface area contributed by atoms with Gasteiger partial charge in [-0.1, -0.05) is 0 Å². The molecule has 2 rings (SSSR count). The molecule has 16 heavy (non-hydrogen) atoms. The van der Waals surface area contributed by atoms with Crippen molar-refractivity contribution >= 4 is 17.3 Å². The maximum atomic E-state index is 13.5. The Morgan fingerprint density at radius 3 is 2.81 bits per heavy atom. The first-order chi connectivity index (χ1) is 7.70. The van der Waals surface area contributed by atoms with Gasteiger partial charge in [-0.2, -0.15) is 0 Å². The minimum Gasteiger partial charge on any atom is -0.454 e. The largest absolute Gasteiger partial charge is 0.454 e. The molecule has 1 atom stereocenters. The first kappa shape index (κ1) is 11.3. The fourth-order valence-electron chi connectivity index (χ4n) is 1.33. The summed E-state index contributed by atoms with van der Waals surface area (Å²) in [6, 6.07) is 2.75. The van der Waals surface area contributed by atoms with E-state index in [1.165, 1.54) is 12.1 Å². The van der Waals surface area contributed by atoms with E-state index in [1.807, 2.05) is 0 Å². The van der Waals surface area contributed by atoms with Crippen LogP contribution in [0, 0.1) is 5.82 Å². The summed E-state index contributed by atoms with van der Waals surface area (Å²) in [5.74, 6) is 0.523. The maximum absolute atomic E-state index is 13.5. The van der Waals surface area contributed by atoms with Crippen molar-refractivity contribution in [2.45, 2.75) is 6.10 Å². The molecule has 0 aliphatic carbocycles. The second-order valence-corrected chi connectivity index (χ2v) is 3.68. The number of aliphatic hydroxyl groups is 1.